The van der Waals surface area contributed by atoms with Crippen molar-refractivity contribution in [3.8, 4) is 0 Å². The Labute approximate surface area is 247 Å². The quantitative estimate of drug-likeness (QED) is 0.285. The maximum Gasteiger partial charge on any atom is 0.264 e. The van der Waals surface area contributed by atoms with Crippen LogP contribution in [0.4, 0.5) is 5.69 Å². The van der Waals surface area contributed by atoms with Crippen molar-refractivity contribution in [3.05, 3.63) is 93.5 Å². The van der Waals surface area contributed by atoms with E-state index < -0.39 is 28.5 Å². The van der Waals surface area contributed by atoms with Crippen LogP contribution in [0.15, 0.2) is 71.6 Å². The van der Waals surface area contributed by atoms with Crippen molar-refractivity contribution in [2.45, 2.75) is 64.6 Å². The van der Waals surface area contributed by atoms with Crippen molar-refractivity contribution < 1.29 is 18.0 Å². The third-order valence-corrected chi connectivity index (χ3v) is 9.12. The molecule has 0 fully saturated rings. The lowest BCUT2D eigenvalue weighted by molar-refractivity contribution is -0.139. The van der Waals surface area contributed by atoms with E-state index in [4.69, 9.17) is 23.2 Å². The molecule has 7 nitrogen and oxygen atoms in total. The van der Waals surface area contributed by atoms with Crippen LogP contribution in [0.3, 0.4) is 0 Å². The van der Waals surface area contributed by atoms with E-state index in [9.17, 15) is 18.0 Å². The van der Waals surface area contributed by atoms with Crippen LogP contribution in [0.5, 0.6) is 0 Å². The van der Waals surface area contributed by atoms with Gasteiger partial charge in [-0.15, -0.1) is 0 Å². The van der Waals surface area contributed by atoms with Gasteiger partial charge in [0.2, 0.25) is 11.8 Å². The second kappa shape index (κ2) is 13.5. The third kappa shape index (κ3) is 7.56. The van der Waals surface area contributed by atoms with E-state index in [0.717, 1.165) is 9.87 Å². The van der Waals surface area contributed by atoms with E-state index in [1.165, 1.54) is 17.0 Å². The molecule has 0 saturated heterocycles. The van der Waals surface area contributed by atoms with Gasteiger partial charge in [-0.2, -0.15) is 0 Å². The Hall–Kier alpha value is -3.07. The highest BCUT2D eigenvalue weighted by Gasteiger charge is 2.33. The van der Waals surface area contributed by atoms with Crippen LogP contribution in [0.25, 0.3) is 0 Å². The number of nitrogens with one attached hydrogen (secondary N) is 1. The number of halogens is 2. The zero-order valence-electron chi connectivity index (χ0n) is 23.3. The second-order valence-corrected chi connectivity index (χ2v) is 12.6. The minimum atomic E-state index is -4.13. The second-order valence-electron chi connectivity index (χ2n) is 9.87. The largest absolute Gasteiger partial charge is 0.352 e. The molecule has 2 amide bonds. The van der Waals surface area contributed by atoms with E-state index in [2.05, 4.69) is 5.32 Å². The van der Waals surface area contributed by atoms with Crippen molar-refractivity contribution in [2.75, 3.05) is 10.8 Å². The van der Waals surface area contributed by atoms with Gasteiger partial charge >= 0.3 is 0 Å². The van der Waals surface area contributed by atoms with E-state index >= 15 is 0 Å². The van der Waals surface area contributed by atoms with Gasteiger partial charge in [0.15, 0.2) is 0 Å². The summed E-state index contributed by atoms with van der Waals surface area (Å²) in [5, 5.41) is 3.68. The minimum absolute atomic E-state index is 0.0178. The average Bonchev–Trinajstić information content (AvgIpc) is 2.91. The molecular weight excluding hydrogens is 569 g/mol. The number of hydrogen-bond acceptors (Lipinski definition) is 4. The predicted molar refractivity (Wildman–Crippen MR) is 161 cm³/mol. The molecular formula is C30H35Cl2N3O4S. The smallest absolute Gasteiger partial charge is 0.264 e. The van der Waals surface area contributed by atoms with E-state index in [1.807, 2.05) is 26.8 Å². The first-order chi connectivity index (χ1) is 18.8. The molecule has 214 valence electrons. The molecule has 0 spiro atoms. The van der Waals surface area contributed by atoms with Crippen molar-refractivity contribution in [1.82, 2.24) is 10.2 Å². The number of anilines is 1. The first-order valence-corrected chi connectivity index (χ1v) is 15.2. The number of rotatable bonds is 11. The van der Waals surface area contributed by atoms with Crippen LogP contribution in [0.1, 0.15) is 43.9 Å². The molecule has 0 radical (unpaired) electrons. The van der Waals surface area contributed by atoms with Gasteiger partial charge in [-0.25, -0.2) is 8.42 Å². The zero-order valence-corrected chi connectivity index (χ0v) is 25.6. The lowest BCUT2D eigenvalue weighted by Crippen LogP contribution is -2.52. The molecule has 0 heterocycles. The Morgan fingerprint density at radius 1 is 0.950 bits per heavy atom. The van der Waals surface area contributed by atoms with Gasteiger partial charge in [0, 0.05) is 22.6 Å². The molecule has 3 aromatic rings. The van der Waals surface area contributed by atoms with Crippen LogP contribution in [0.2, 0.25) is 10.0 Å². The van der Waals surface area contributed by atoms with Crippen molar-refractivity contribution in [2.24, 2.45) is 0 Å². The van der Waals surface area contributed by atoms with Gasteiger partial charge in [0.1, 0.15) is 12.6 Å². The SMILES string of the molecule is CC[C@@H](C)NC(=O)[C@@H](C)N(Cc1ccc(Cl)cc1Cl)C(=O)CN(c1ccc(C)cc1C)S(=O)(=O)c1ccccc1. The summed E-state index contributed by atoms with van der Waals surface area (Å²) in [5.74, 6) is -0.908. The van der Waals surface area contributed by atoms with Crippen molar-refractivity contribution in [1.29, 1.82) is 0 Å². The fourth-order valence-electron chi connectivity index (χ4n) is 4.20. The predicted octanol–water partition coefficient (Wildman–Crippen LogP) is 6.14. The highest BCUT2D eigenvalue weighted by atomic mass is 35.5. The maximum absolute atomic E-state index is 14.0. The molecule has 0 bridgehead atoms. The van der Waals surface area contributed by atoms with Gasteiger partial charge in [-0.05, 0) is 75.6 Å². The summed E-state index contributed by atoms with van der Waals surface area (Å²) in [4.78, 5) is 28.6. The van der Waals surface area contributed by atoms with Gasteiger partial charge < -0.3 is 10.2 Å². The molecule has 40 heavy (non-hydrogen) atoms. The Morgan fingerprint density at radius 3 is 2.23 bits per heavy atom. The summed E-state index contributed by atoms with van der Waals surface area (Å²) in [7, 11) is -4.13. The number of amides is 2. The molecule has 3 aromatic carbocycles. The molecule has 0 aliphatic rings. The molecule has 0 aromatic heterocycles. The van der Waals surface area contributed by atoms with Crippen LogP contribution < -0.4 is 9.62 Å². The Kier molecular flexibility index (Phi) is 10.6. The summed E-state index contributed by atoms with van der Waals surface area (Å²) in [6, 6.07) is 17.2. The minimum Gasteiger partial charge on any atom is -0.352 e. The number of nitrogens with zero attached hydrogens (tertiary/aromatic N) is 2. The Bertz CT molecular complexity index is 1470. The normalized spacial score (nSPS) is 12.9. The maximum atomic E-state index is 14.0. The molecule has 10 heteroatoms. The lowest BCUT2D eigenvalue weighted by atomic mass is 10.1. The van der Waals surface area contributed by atoms with Crippen molar-refractivity contribution in [3.63, 3.8) is 0 Å². The van der Waals surface area contributed by atoms with Crippen LogP contribution in [-0.4, -0.2) is 43.8 Å². The summed E-state index contributed by atoms with van der Waals surface area (Å²) in [6.45, 7) is 8.61. The van der Waals surface area contributed by atoms with Gasteiger partial charge in [-0.3, -0.25) is 13.9 Å². The standard InChI is InChI=1S/C30H35Cl2N3O4S/c1-6-22(4)33-30(37)23(5)34(18-24-13-14-25(31)17-27(24)32)29(36)19-35(28-15-12-20(2)16-21(28)3)40(38,39)26-10-8-7-9-11-26/h7-17,22-23H,6,18-19H2,1-5H3,(H,33,37)/t22-,23-/m1/s1. The van der Waals surface area contributed by atoms with Crippen LogP contribution in [0, 0.1) is 13.8 Å². The highest BCUT2D eigenvalue weighted by molar-refractivity contribution is 7.92. The molecule has 2 atom stereocenters. The van der Waals surface area contributed by atoms with Gasteiger partial charge in [0.05, 0.1) is 10.6 Å². The van der Waals surface area contributed by atoms with Crippen molar-refractivity contribution >= 4 is 50.7 Å². The molecule has 0 aliphatic carbocycles. The first-order valence-electron chi connectivity index (χ1n) is 13.0. The van der Waals surface area contributed by atoms with E-state index in [1.54, 1.807) is 62.4 Å². The summed E-state index contributed by atoms with van der Waals surface area (Å²) in [5.41, 5.74) is 2.61. The topological polar surface area (TPSA) is 86.8 Å². The van der Waals surface area contributed by atoms with Gasteiger partial charge in [0.25, 0.3) is 10.0 Å². The summed E-state index contributed by atoms with van der Waals surface area (Å²) >= 11 is 12.5. The van der Waals surface area contributed by atoms with Crippen LogP contribution in [-0.2, 0) is 26.2 Å². The molecule has 0 aliphatic heterocycles. The van der Waals surface area contributed by atoms with E-state index in [-0.39, 0.29) is 23.4 Å². The first kappa shape index (κ1) is 31.5. The highest BCUT2D eigenvalue weighted by Crippen LogP contribution is 2.29. The molecule has 0 saturated carbocycles. The number of hydrogen-bond donors (Lipinski definition) is 1. The molecule has 0 unspecified atom stereocenters. The van der Waals surface area contributed by atoms with Crippen LogP contribution >= 0.6 is 23.2 Å². The van der Waals surface area contributed by atoms with Gasteiger partial charge in [-0.1, -0.05) is 72.1 Å². The fraction of sp³-hybridized carbons (Fsp3) is 0.333. The fourth-order valence-corrected chi connectivity index (χ4v) is 6.17. The lowest BCUT2D eigenvalue weighted by Gasteiger charge is -2.33. The number of carbonyl (C=O) groups excluding carboxylic acids is 2. The number of carbonyl (C=O) groups is 2. The summed E-state index contributed by atoms with van der Waals surface area (Å²) in [6.07, 6.45) is 0.714. The van der Waals surface area contributed by atoms with E-state index in [0.29, 0.717) is 33.3 Å². The Balaban J connectivity index is 2.07. The number of benzene rings is 3. The molecule has 1 N–H and O–H groups in total. The monoisotopic (exact) mass is 603 g/mol. The third-order valence-electron chi connectivity index (χ3n) is 6.76. The Morgan fingerprint density at radius 2 is 1.62 bits per heavy atom. The number of sulfonamides is 1. The average molecular weight is 605 g/mol. The molecule has 3 rings (SSSR count). The number of aryl methyl sites for hydroxylation is 2. The summed E-state index contributed by atoms with van der Waals surface area (Å²) < 4.78 is 28.9. The zero-order chi connectivity index (χ0) is 29.6.